The molecule has 3 nitrogen and oxygen atoms in total. The Morgan fingerprint density at radius 2 is 2.15 bits per heavy atom. The molecule has 0 unspecified atom stereocenters. The van der Waals surface area contributed by atoms with Crippen molar-refractivity contribution in [3.63, 3.8) is 0 Å². The minimum Gasteiger partial charge on any atom is -0.336 e. The molecule has 0 bridgehead atoms. The van der Waals surface area contributed by atoms with Gasteiger partial charge in [0.2, 0.25) is 5.67 Å². The molecule has 1 heterocycles. The highest BCUT2D eigenvalue weighted by molar-refractivity contribution is 5.86. The normalized spacial score (nSPS) is 23.6. The van der Waals surface area contributed by atoms with Crippen LogP contribution in [0.2, 0.25) is 0 Å². The summed E-state index contributed by atoms with van der Waals surface area (Å²) in [5.74, 6) is -1.92. The first-order valence-electron chi connectivity index (χ1n) is 6.47. The van der Waals surface area contributed by atoms with E-state index in [9.17, 15) is 18.0 Å². The minimum absolute atomic E-state index is 0.0374. The van der Waals surface area contributed by atoms with Gasteiger partial charge in [-0.3, -0.25) is 4.79 Å². The molecule has 2 atom stereocenters. The molecule has 110 valence electrons. The van der Waals surface area contributed by atoms with Gasteiger partial charge in [-0.2, -0.15) is 0 Å². The maximum Gasteiger partial charge on any atom is 0.261 e. The molecule has 0 saturated carbocycles. The fourth-order valence-corrected chi connectivity index (χ4v) is 2.38. The number of benzene rings is 1. The molecule has 0 aromatic heterocycles. The number of nitrogens with zero attached hydrogens (tertiary/aromatic N) is 1. The summed E-state index contributed by atoms with van der Waals surface area (Å²) >= 11 is 0. The van der Waals surface area contributed by atoms with E-state index in [1.54, 1.807) is 6.92 Å². The summed E-state index contributed by atoms with van der Waals surface area (Å²) in [6.45, 7) is 1.93. The van der Waals surface area contributed by atoms with E-state index in [4.69, 9.17) is 0 Å². The SMILES string of the molecule is C[C@H](c1cc(F)ccc1F)N(C)C(=O)[C@@]1(F)CCNC1. The number of nitrogens with one attached hydrogen (secondary N) is 1. The Hall–Kier alpha value is -1.56. The van der Waals surface area contributed by atoms with E-state index in [0.29, 0.717) is 6.54 Å². The lowest BCUT2D eigenvalue weighted by atomic mass is 10.0. The van der Waals surface area contributed by atoms with Crippen LogP contribution in [0, 0.1) is 11.6 Å². The first-order valence-corrected chi connectivity index (χ1v) is 6.47. The predicted octanol–water partition coefficient (Wildman–Crippen LogP) is 2.19. The third-order valence-electron chi connectivity index (χ3n) is 3.80. The van der Waals surface area contributed by atoms with Crippen LogP contribution in [0.4, 0.5) is 13.2 Å². The van der Waals surface area contributed by atoms with E-state index < -0.39 is 29.3 Å². The molecule has 1 amide bonds. The van der Waals surface area contributed by atoms with Gasteiger partial charge in [0, 0.05) is 25.6 Å². The zero-order valence-corrected chi connectivity index (χ0v) is 11.4. The fraction of sp³-hybridized carbons (Fsp3) is 0.500. The highest BCUT2D eigenvalue weighted by atomic mass is 19.1. The van der Waals surface area contributed by atoms with Crippen molar-refractivity contribution in [2.75, 3.05) is 20.1 Å². The Balaban J connectivity index is 2.21. The average Bonchev–Trinajstić information content (AvgIpc) is 2.87. The average molecular weight is 286 g/mol. The Morgan fingerprint density at radius 1 is 1.45 bits per heavy atom. The van der Waals surface area contributed by atoms with E-state index in [0.717, 1.165) is 23.1 Å². The van der Waals surface area contributed by atoms with E-state index in [2.05, 4.69) is 5.32 Å². The molecule has 0 radical (unpaired) electrons. The van der Waals surface area contributed by atoms with Gasteiger partial charge < -0.3 is 10.2 Å². The second-order valence-electron chi connectivity index (χ2n) is 5.15. The third-order valence-corrected chi connectivity index (χ3v) is 3.80. The Bertz CT molecular complexity index is 515. The summed E-state index contributed by atoms with van der Waals surface area (Å²) in [6, 6.07) is 2.29. The van der Waals surface area contributed by atoms with Crippen molar-refractivity contribution < 1.29 is 18.0 Å². The van der Waals surface area contributed by atoms with Gasteiger partial charge in [-0.05, 0) is 31.7 Å². The molecule has 1 aromatic rings. The van der Waals surface area contributed by atoms with E-state index >= 15 is 0 Å². The van der Waals surface area contributed by atoms with Gasteiger partial charge in [-0.25, -0.2) is 13.2 Å². The van der Waals surface area contributed by atoms with E-state index in [-0.39, 0.29) is 18.5 Å². The molecule has 1 aromatic carbocycles. The Kier molecular flexibility index (Phi) is 4.04. The third kappa shape index (κ3) is 2.65. The molecular formula is C14H17F3N2O. The lowest BCUT2D eigenvalue weighted by Gasteiger charge is -2.30. The maximum atomic E-state index is 14.4. The summed E-state index contributed by atoms with van der Waals surface area (Å²) in [7, 11) is 1.40. The largest absolute Gasteiger partial charge is 0.336 e. The molecule has 2 rings (SSSR count). The summed E-state index contributed by atoms with van der Waals surface area (Å²) < 4.78 is 41.3. The van der Waals surface area contributed by atoms with Crippen LogP contribution < -0.4 is 5.32 Å². The van der Waals surface area contributed by atoms with Crippen molar-refractivity contribution in [2.45, 2.75) is 25.1 Å². The van der Waals surface area contributed by atoms with Crippen molar-refractivity contribution in [1.29, 1.82) is 0 Å². The Morgan fingerprint density at radius 3 is 2.75 bits per heavy atom. The van der Waals surface area contributed by atoms with Crippen LogP contribution in [0.5, 0.6) is 0 Å². The zero-order valence-electron chi connectivity index (χ0n) is 11.4. The second kappa shape index (κ2) is 5.44. The van der Waals surface area contributed by atoms with Gasteiger partial charge in [-0.1, -0.05) is 0 Å². The molecule has 1 N–H and O–H groups in total. The number of hydrogen-bond acceptors (Lipinski definition) is 2. The van der Waals surface area contributed by atoms with Gasteiger partial charge in [0.05, 0.1) is 6.04 Å². The molecule has 0 spiro atoms. The van der Waals surface area contributed by atoms with Crippen molar-refractivity contribution in [3.05, 3.63) is 35.4 Å². The van der Waals surface area contributed by atoms with Crippen molar-refractivity contribution in [2.24, 2.45) is 0 Å². The second-order valence-corrected chi connectivity index (χ2v) is 5.15. The molecule has 6 heteroatoms. The van der Waals surface area contributed by atoms with Crippen LogP contribution in [-0.2, 0) is 4.79 Å². The first kappa shape index (κ1) is 14.8. The topological polar surface area (TPSA) is 32.3 Å². The van der Waals surface area contributed by atoms with Crippen LogP contribution in [0.3, 0.4) is 0 Å². The Labute approximate surface area is 115 Å². The van der Waals surface area contributed by atoms with Crippen LogP contribution in [0.1, 0.15) is 24.9 Å². The quantitative estimate of drug-likeness (QED) is 0.923. The summed E-state index contributed by atoms with van der Waals surface area (Å²) in [5, 5.41) is 2.79. The van der Waals surface area contributed by atoms with Gasteiger partial charge in [0.15, 0.2) is 0 Å². The van der Waals surface area contributed by atoms with Gasteiger partial charge in [-0.15, -0.1) is 0 Å². The highest BCUT2D eigenvalue weighted by Crippen LogP contribution is 2.28. The zero-order chi connectivity index (χ0) is 14.9. The molecule has 1 aliphatic heterocycles. The highest BCUT2D eigenvalue weighted by Gasteiger charge is 2.44. The minimum atomic E-state index is -1.97. The monoisotopic (exact) mass is 286 g/mol. The molecule has 1 aliphatic rings. The lowest BCUT2D eigenvalue weighted by Crippen LogP contribution is -2.46. The molecule has 20 heavy (non-hydrogen) atoms. The number of alkyl halides is 1. The summed E-state index contributed by atoms with van der Waals surface area (Å²) in [6.07, 6.45) is 0.0918. The van der Waals surface area contributed by atoms with Crippen LogP contribution in [0.15, 0.2) is 18.2 Å². The molecule has 1 saturated heterocycles. The molecular weight excluding hydrogens is 269 g/mol. The van der Waals surface area contributed by atoms with E-state index in [1.807, 2.05) is 0 Å². The summed E-state index contributed by atoms with van der Waals surface area (Å²) in [4.78, 5) is 13.3. The standard InChI is InChI=1S/C14H17F3N2O/c1-9(11-7-10(15)3-4-12(11)16)19(2)13(20)14(17)5-6-18-8-14/h3-4,7,9,18H,5-6,8H2,1-2H3/t9-,14-/m1/s1. The van der Waals surface area contributed by atoms with Crippen molar-refractivity contribution in [3.8, 4) is 0 Å². The number of amides is 1. The number of rotatable bonds is 3. The van der Waals surface area contributed by atoms with Gasteiger partial charge >= 0.3 is 0 Å². The number of hydrogen-bond donors (Lipinski definition) is 1. The van der Waals surface area contributed by atoms with Gasteiger partial charge in [0.1, 0.15) is 11.6 Å². The van der Waals surface area contributed by atoms with Gasteiger partial charge in [0.25, 0.3) is 5.91 Å². The number of carbonyl (C=O) groups excluding carboxylic acids is 1. The molecule has 0 aliphatic carbocycles. The van der Waals surface area contributed by atoms with Crippen molar-refractivity contribution in [1.82, 2.24) is 10.2 Å². The van der Waals surface area contributed by atoms with Crippen LogP contribution in [-0.4, -0.2) is 36.6 Å². The van der Waals surface area contributed by atoms with Crippen LogP contribution in [0.25, 0.3) is 0 Å². The first-order chi connectivity index (χ1) is 9.35. The predicted molar refractivity (Wildman–Crippen MR) is 68.9 cm³/mol. The van der Waals surface area contributed by atoms with E-state index in [1.165, 1.54) is 7.05 Å². The number of carbonyl (C=O) groups is 1. The lowest BCUT2D eigenvalue weighted by molar-refractivity contribution is -0.143. The molecule has 1 fully saturated rings. The number of halogens is 3. The smallest absolute Gasteiger partial charge is 0.261 e. The summed E-state index contributed by atoms with van der Waals surface area (Å²) in [5.41, 5.74) is -1.93. The van der Waals surface area contributed by atoms with Crippen molar-refractivity contribution >= 4 is 5.91 Å². The van der Waals surface area contributed by atoms with Crippen LogP contribution >= 0.6 is 0 Å². The fourth-order valence-electron chi connectivity index (χ4n) is 2.38. The maximum absolute atomic E-state index is 14.4.